The van der Waals surface area contributed by atoms with Gasteiger partial charge in [-0.25, -0.2) is 23.1 Å². The molecule has 2 heterocycles. The third-order valence-electron chi connectivity index (χ3n) is 4.39. The molecule has 4 rings (SSSR count). The second-order valence-corrected chi connectivity index (χ2v) is 8.38. The van der Waals surface area contributed by atoms with Gasteiger partial charge in [-0.15, -0.1) is 0 Å². The first-order valence-corrected chi connectivity index (χ1v) is 10.7. The molecule has 0 aliphatic heterocycles. The molecule has 2 aromatic carbocycles. The van der Waals surface area contributed by atoms with Crippen molar-refractivity contribution in [2.24, 2.45) is 0 Å². The van der Waals surface area contributed by atoms with E-state index in [2.05, 4.69) is 25.1 Å². The minimum absolute atomic E-state index is 0.0588. The summed E-state index contributed by atoms with van der Waals surface area (Å²) in [4.78, 5) is 20.6. The van der Waals surface area contributed by atoms with E-state index in [1.807, 2.05) is 19.1 Å². The number of nitrogens with zero attached hydrogens (tertiary/aromatic N) is 4. The van der Waals surface area contributed by atoms with Crippen LogP contribution in [-0.2, 0) is 10.0 Å². The number of carbonyl (C=O) groups excluding carboxylic acids is 1. The van der Waals surface area contributed by atoms with Gasteiger partial charge in [0.15, 0.2) is 5.82 Å². The number of sulfonamides is 1. The average Bonchev–Trinajstić information content (AvgIpc) is 3.31. The van der Waals surface area contributed by atoms with Crippen LogP contribution in [0.3, 0.4) is 0 Å². The lowest BCUT2D eigenvalue weighted by Gasteiger charge is -2.09. The summed E-state index contributed by atoms with van der Waals surface area (Å²) in [6, 6.07) is 16.1. The van der Waals surface area contributed by atoms with Crippen molar-refractivity contribution in [2.75, 3.05) is 10.0 Å². The number of carbonyl (C=O) groups is 1. The van der Waals surface area contributed by atoms with E-state index in [1.54, 1.807) is 24.3 Å². The van der Waals surface area contributed by atoms with E-state index in [0.717, 1.165) is 5.56 Å². The van der Waals surface area contributed by atoms with Gasteiger partial charge in [-0.05, 0) is 55.5 Å². The van der Waals surface area contributed by atoms with Gasteiger partial charge in [0.2, 0.25) is 0 Å². The van der Waals surface area contributed by atoms with Gasteiger partial charge in [0, 0.05) is 11.3 Å². The molecule has 9 nitrogen and oxygen atoms in total. The van der Waals surface area contributed by atoms with Crippen LogP contribution in [0.1, 0.15) is 15.9 Å². The smallest absolute Gasteiger partial charge is 0.261 e. The predicted molar refractivity (Wildman–Crippen MR) is 116 cm³/mol. The third-order valence-corrected chi connectivity index (χ3v) is 5.79. The Hall–Kier alpha value is -4.05. The van der Waals surface area contributed by atoms with Crippen molar-refractivity contribution < 1.29 is 13.2 Å². The summed E-state index contributed by atoms with van der Waals surface area (Å²) in [5.41, 5.74) is 2.30. The number of nitrogens with one attached hydrogen (secondary N) is 2. The molecule has 0 unspecified atom stereocenters. The van der Waals surface area contributed by atoms with Crippen LogP contribution < -0.4 is 10.0 Å². The van der Waals surface area contributed by atoms with Crippen LogP contribution in [0, 0.1) is 6.92 Å². The molecule has 31 heavy (non-hydrogen) atoms. The first-order valence-electron chi connectivity index (χ1n) is 9.23. The van der Waals surface area contributed by atoms with Crippen LogP contribution in [0.5, 0.6) is 0 Å². The summed E-state index contributed by atoms with van der Waals surface area (Å²) in [6.07, 6.45) is 4.42. The Bertz CT molecular complexity index is 1290. The van der Waals surface area contributed by atoms with E-state index in [-0.39, 0.29) is 10.8 Å². The maximum absolute atomic E-state index is 12.6. The fourth-order valence-corrected chi connectivity index (χ4v) is 3.81. The molecule has 0 radical (unpaired) electrons. The van der Waals surface area contributed by atoms with Crippen LogP contribution >= 0.6 is 0 Å². The first kappa shape index (κ1) is 20.2. The molecule has 0 fully saturated rings. The Kier molecular flexibility index (Phi) is 5.46. The van der Waals surface area contributed by atoms with E-state index in [1.165, 1.54) is 47.8 Å². The van der Waals surface area contributed by atoms with Gasteiger partial charge in [0.1, 0.15) is 12.7 Å². The number of rotatable bonds is 6. The molecule has 4 aromatic rings. The molecular weight excluding hydrogens is 416 g/mol. The molecule has 0 aliphatic rings. The van der Waals surface area contributed by atoms with Crippen LogP contribution in [0.2, 0.25) is 0 Å². The second kappa shape index (κ2) is 8.36. The van der Waals surface area contributed by atoms with Crippen LogP contribution in [0.4, 0.5) is 11.4 Å². The fourth-order valence-electron chi connectivity index (χ4n) is 2.75. The first-order chi connectivity index (χ1) is 14.9. The van der Waals surface area contributed by atoms with Gasteiger partial charge in [0.25, 0.3) is 15.9 Å². The standard InChI is InChI=1S/C21H18N6O3S/c1-15-2-6-17(7-3-15)26-31(29,30)19-9-4-16(5-10-19)21(28)25-18-8-11-20(23-12-18)27-14-22-13-24-27/h2-14,26H,1H3,(H,25,28). The van der Waals surface area contributed by atoms with Crippen LogP contribution in [0.25, 0.3) is 5.82 Å². The van der Waals surface area contributed by atoms with Crippen molar-refractivity contribution in [3.63, 3.8) is 0 Å². The Morgan fingerprint density at radius 3 is 2.26 bits per heavy atom. The maximum Gasteiger partial charge on any atom is 0.261 e. The molecule has 1 amide bonds. The summed E-state index contributed by atoms with van der Waals surface area (Å²) in [5, 5.41) is 6.71. The monoisotopic (exact) mass is 434 g/mol. The zero-order chi connectivity index (χ0) is 21.8. The molecule has 0 bridgehead atoms. The molecule has 0 spiro atoms. The van der Waals surface area contributed by atoms with Gasteiger partial charge in [0.05, 0.1) is 16.8 Å². The maximum atomic E-state index is 12.6. The summed E-state index contributed by atoms with van der Waals surface area (Å²) in [5.74, 6) is 0.178. The molecule has 10 heteroatoms. The number of anilines is 2. The zero-order valence-electron chi connectivity index (χ0n) is 16.4. The predicted octanol–water partition coefficient (Wildman–Crippen LogP) is 3.02. The Morgan fingerprint density at radius 1 is 0.935 bits per heavy atom. The molecule has 0 atom stereocenters. The fraction of sp³-hybridized carbons (Fsp3) is 0.0476. The Morgan fingerprint density at radius 2 is 1.65 bits per heavy atom. The molecular formula is C21H18N6O3S. The van der Waals surface area contributed by atoms with Crippen molar-refractivity contribution in [2.45, 2.75) is 11.8 Å². The van der Waals surface area contributed by atoms with Crippen molar-refractivity contribution in [3.05, 3.63) is 90.6 Å². The highest BCUT2D eigenvalue weighted by Crippen LogP contribution is 2.18. The second-order valence-electron chi connectivity index (χ2n) is 6.70. The largest absolute Gasteiger partial charge is 0.321 e. The lowest BCUT2D eigenvalue weighted by Crippen LogP contribution is -2.15. The normalized spacial score (nSPS) is 11.1. The van der Waals surface area contributed by atoms with E-state index < -0.39 is 10.0 Å². The minimum Gasteiger partial charge on any atom is -0.321 e. The van der Waals surface area contributed by atoms with E-state index in [9.17, 15) is 13.2 Å². The number of pyridine rings is 1. The van der Waals surface area contributed by atoms with Gasteiger partial charge >= 0.3 is 0 Å². The molecule has 156 valence electrons. The summed E-state index contributed by atoms with van der Waals surface area (Å²) in [6.45, 7) is 1.92. The number of hydrogen-bond acceptors (Lipinski definition) is 6. The van der Waals surface area contributed by atoms with Gasteiger partial charge in [-0.3, -0.25) is 9.52 Å². The highest BCUT2D eigenvalue weighted by molar-refractivity contribution is 7.92. The highest BCUT2D eigenvalue weighted by Gasteiger charge is 2.15. The zero-order valence-corrected chi connectivity index (χ0v) is 17.2. The lowest BCUT2D eigenvalue weighted by atomic mass is 10.2. The number of amides is 1. The number of aromatic nitrogens is 4. The van der Waals surface area contributed by atoms with Crippen LogP contribution in [-0.4, -0.2) is 34.1 Å². The number of benzene rings is 2. The lowest BCUT2D eigenvalue weighted by molar-refractivity contribution is 0.102. The Balaban J connectivity index is 1.43. The van der Waals surface area contributed by atoms with E-state index >= 15 is 0 Å². The van der Waals surface area contributed by atoms with E-state index in [0.29, 0.717) is 22.8 Å². The van der Waals surface area contributed by atoms with Crippen LogP contribution in [0.15, 0.2) is 84.4 Å². The van der Waals surface area contributed by atoms with E-state index in [4.69, 9.17) is 0 Å². The highest BCUT2D eigenvalue weighted by atomic mass is 32.2. The third kappa shape index (κ3) is 4.75. The molecule has 2 aromatic heterocycles. The molecule has 0 saturated heterocycles. The summed E-state index contributed by atoms with van der Waals surface area (Å²) < 4.78 is 29.1. The van der Waals surface area contributed by atoms with Gasteiger partial charge in [-0.2, -0.15) is 5.10 Å². The topological polar surface area (TPSA) is 119 Å². The van der Waals surface area contributed by atoms with Gasteiger partial charge in [-0.1, -0.05) is 17.7 Å². The van der Waals surface area contributed by atoms with Crippen molar-refractivity contribution >= 4 is 27.3 Å². The quantitative estimate of drug-likeness (QED) is 0.481. The van der Waals surface area contributed by atoms with Crippen molar-refractivity contribution in [1.29, 1.82) is 0 Å². The minimum atomic E-state index is -3.76. The SMILES string of the molecule is Cc1ccc(NS(=O)(=O)c2ccc(C(=O)Nc3ccc(-n4cncn4)nc3)cc2)cc1. The summed E-state index contributed by atoms with van der Waals surface area (Å²) >= 11 is 0. The van der Waals surface area contributed by atoms with Crippen molar-refractivity contribution in [3.8, 4) is 5.82 Å². The molecule has 2 N–H and O–H groups in total. The Labute approximate surface area is 178 Å². The van der Waals surface area contributed by atoms with Crippen molar-refractivity contribution in [1.82, 2.24) is 19.7 Å². The molecule has 0 aliphatic carbocycles. The number of aryl methyl sites for hydroxylation is 1. The summed E-state index contributed by atoms with van der Waals surface area (Å²) in [7, 11) is -3.76. The molecule has 0 saturated carbocycles. The average molecular weight is 434 g/mol. The van der Waals surface area contributed by atoms with Gasteiger partial charge < -0.3 is 5.32 Å². The number of hydrogen-bond donors (Lipinski definition) is 2.